The number of rotatable bonds is 6. The van der Waals surface area contributed by atoms with E-state index in [1.165, 1.54) is 25.3 Å². The minimum Gasteiger partial charge on any atom is -0.478 e. The second kappa shape index (κ2) is 7.47. The maximum absolute atomic E-state index is 12.1. The van der Waals surface area contributed by atoms with Crippen LogP contribution in [0.3, 0.4) is 0 Å². The molecule has 122 valence electrons. The summed E-state index contributed by atoms with van der Waals surface area (Å²) in [6.07, 6.45) is 6.47. The van der Waals surface area contributed by atoms with Crippen molar-refractivity contribution in [2.24, 2.45) is 11.8 Å². The number of hydrogen-bond acceptors (Lipinski definition) is 3. The first-order valence-corrected chi connectivity index (χ1v) is 8.19. The Hall–Kier alpha value is -1.78. The number of carboxylic acid groups (broad SMARTS) is 1. The lowest BCUT2D eigenvalue weighted by Gasteiger charge is -2.27. The Bertz CT molecular complexity index is 527. The van der Waals surface area contributed by atoms with Crippen molar-refractivity contribution >= 4 is 11.9 Å². The molecule has 1 aromatic rings. The zero-order valence-corrected chi connectivity index (χ0v) is 13.4. The Balaban J connectivity index is 1.89. The van der Waals surface area contributed by atoms with Crippen LogP contribution in [0.2, 0.25) is 0 Å². The van der Waals surface area contributed by atoms with Gasteiger partial charge in [0.2, 0.25) is 0 Å². The highest BCUT2D eigenvalue weighted by Gasteiger charge is 2.23. The first-order valence-electron chi connectivity index (χ1n) is 8.19. The minimum absolute atomic E-state index is 0.0797. The molecule has 1 heterocycles. The summed E-state index contributed by atoms with van der Waals surface area (Å²) in [6, 6.07) is 1.32. The fraction of sp³-hybridized carbons (Fsp3) is 0.647. The third-order valence-electron chi connectivity index (χ3n) is 4.68. The largest absolute Gasteiger partial charge is 0.478 e. The number of hydrogen-bond donors (Lipinski definition) is 2. The third kappa shape index (κ3) is 3.90. The molecule has 0 radical (unpaired) electrons. The number of carbonyl (C=O) groups is 2. The lowest BCUT2D eigenvalue weighted by atomic mass is 9.81. The van der Waals surface area contributed by atoms with E-state index in [0.717, 1.165) is 18.8 Å². The minimum atomic E-state index is -1.06. The van der Waals surface area contributed by atoms with Crippen LogP contribution >= 0.6 is 0 Å². The first-order chi connectivity index (χ1) is 10.5. The van der Waals surface area contributed by atoms with Crippen LogP contribution < -0.4 is 5.32 Å². The van der Waals surface area contributed by atoms with Crippen LogP contribution in [-0.2, 0) is 6.42 Å². The fourth-order valence-corrected chi connectivity index (χ4v) is 3.15. The van der Waals surface area contributed by atoms with E-state index in [1.807, 2.05) is 0 Å². The number of aromatic carboxylic acids is 1. The first kappa shape index (κ1) is 16.6. The zero-order chi connectivity index (χ0) is 16.1. The summed E-state index contributed by atoms with van der Waals surface area (Å²) in [6.45, 7) is 4.67. The number of furan rings is 1. The van der Waals surface area contributed by atoms with Crippen LogP contribution in [0.5, 0.6) is 0 Å². The van der Waals surface area contributed by atoms with Crippen molar-refractivity contribution in [2.75, 3.05) is 6.54 Å². The van der Waals surface area contributed by atoms with Gasteiger partial charge in [0.1, 0.15) is 11.3 Å². The van der Waals surface area contributed by atoms with E-state index in [1.54, 1.807) is 6.92 Å². The lowest BCUT2D eigenvalue weighted by Crippen LogP contribution is -2.31. The van der Waals surface area contributed by atoms with Crippen molar-refractivity contribution in [1.29, 1.82) is 0 Å². The maximum Gasteiger partial charge on any atom is 0.339 e. The average molecular weight is 307 g/mol. The molecule has 0 unspecified atom stereocenters. The summed E-state index contributed by atoms with van der Waals surface area (Å²) in [5, 5.41) is 12.0. The van der Waals surface area contributed by atoms with Crippen LogP contribution in [0.4, 0.5) is 0 Å². The summed E-state index contributed by atoms with van der Waals surface area (Å²) < 4.78 is 5.37. The van der Waals surface area contributed by atoms with Gasteiger partial charge in [0.25, 0.3) is 5.91 Å². The number of nitrogens with one attached hydrogen (secondary N) is 1. The van der Waals surface area contributed by atoms with Gasteiger partial charge in [0, 0.05) is 19.0 Å². The number of carboxylic acids is 1. The highest BCUT2D eigenvalue weighted by Crippen LogP contribution is 2.30. The molecule has 2 N–H and O–H groups in total. The Morgan fingerprint density at radius 2 is 1.86 bits per heavy atom. The molecule has 0 aromatic carbocycles. The number of amides is 1. The van der Waals surface area contributed by atoms with Gasteiger partial charge >= 0.3 is 5.97 Å². The monoisotopic (exact) mass is 307 g/mol. The summed E-state index contributed by atoms with van der Waals surface area (Å²) in [5.41, 5.74) is 0.0797. The Kier molecular flexibility index (Phi) is 5.63. The molecular weight excluding hydrogens is 282 g/mol. The molecule has 1 aromatic heterocycles. The predicted molar refractivity (Wildman–Crippen MR) is 83.1 cm³/mol. The molecule has 22 heavy (non-hydrogen) atoms. The smallest absolute Gasteiger partial charge is 0.339 e. The van der Waals surface area contributed by atoms with Crippen LogP contribution in [0.1, 0.15) is 72.6 Å². The molecule has 0 aliphatic heterocycles. The van der Waals surface area contributed by atoms with E-state index in [9.17, 15) is 9.59 Å². The zero-order valence-electron chi connectivity index (χ0n) is 13.4. The molecule has 1 aliphatic rings. The van der Waals surface area contributed by atoms with Crippen LogP contribution in [-0.4, -0.2) is 23.5 Å². The Labute approximate surface area is 131 Å². The van der Waals surface area contributed by atoms with Crippen molar-refractivity contribution in [2.45, 2.75) is 52.4 Å². The molecule has 2 rings (SSSR count). The summed E-state index contributed by atoms with van der Waals surface area (Å²) >= 11 is 0. The Morgan fingerprint density at radius 1 is 1.23 bits per heavy atom. The second-order valence-corrected chi connectivity index (χ2v) is 6.11. The van der Waals surface area contributed by atoms with E-state index in [-0.39, 0.29) is 17.2 Å². The molecule has 0 spiro atoms. The summed E-state index contributed by atoms with van der Waals surface area (Å²) in [4.78, 5) is 23.2. The van der Waals surface area contributed by atoms with Crippen LogP contribution in [0.15, 0.2) is 10.5 Å². The van der Waals surface area contributed by atoms with Gasteiger partial charge in [-0.25, -0.2) is 4.79 Å². The SMILES string of the molecule is CCc1oc(C(=O)NCC2CCC(CC)CC2)cc1C(=O)O. The number of aryl methyl sites for hydroxylation is 1. The topological polar surface area (TPSA) is 79.5 Å². The van der Waals surface area contributed by atoms with Gasteiger partial charge < -0.3 is 14.8 Å². The van der Waals surface area contributed by atoms with Gasteiger partial charge in [-0.2, -0.15) is 0 Å². The number of carbonyl (C=O) groups excluding carboxylic acids is 1. The molecule has 1 saturated carbocycles. The van der Waals surface area contributed by atoms with E-state index < -0.39 is 5.97 Å². The van der Waals surface area contributed by atoms with Gasteiger partial charge in [-0.1, -0.05) is 33.1 Å². The van der Waals surface area contributed by atoms with Crippen LogP contribution in [0, 0.1) is 11.8 Å². The summed E-state index contributed by atoms with van der Waals surface area (Å²) in [5.74, 6) is 0.420. The normalized spacial score (nSPS) is 21.5. The van der Waals surface area contributed by atoms with Gasteiger partial charge in [-0.05, 0) is 24.7 Å². The van der Waals surface area contributed by atoms with E-state index >= 15 is 0 Å². The van der Waals surface area contributed by atoms with Gasteiger partial charge in [-0.15, -0.1) is 0 Å². The average Bonchev–Trinajstić information content (AvgIpc) is 2.97. The molecule has 5 nitrogen and oxygen atoms in total. The van der Waals surface area contributed by atoms with Gasteiger partial charge in [0.15, 0.2) is 5.76 Å². The van der Waals surface area contributed by atoms with Crippen molar-refractivity contribution < 1.29 is 19.1 Å². The predicted octanol–water partition coefficient (Wildman–Crippen LogP) is 3.49. The molecule has 1 fully saturated rings. The van der Waals surface area contributed by atoms with Gasteiger partial charge in [0.05, 0.1) is 0 Å². The van der Waals surface area contributed by atoms with E-state index in [2.05, 4.69) is 12.2 Å². The van der Waals surface area contributed by atoms with E-state index in [4.69, 9.17) is 9.52 Å². The lowest BCUT2D eigenvalue weighted by molar-refractivity contribution is 0.0694. The second-order valence-electron chi connectivity index (χ2n) is 6.11. The molecule has 0 atom stereocenters. The summed E-state index contributed by atoms with van der Waals surface area (Å²) in [7, 11) is 0. The van der Waals surface area contributed by atoms with Gasteiger partial charge in [-0.3, -0.25) is 4.79 Å². The Morgan fingerprint density at radius 3 is 2.36 bits per heavy atom. The standard InChI is InChI=1S/C17H25NO4/c1-3-11-5-7-12(8-6-11)10-18-16(19)15-9-13(17(20)21)14(4-2)22-15/h9,11-12H,3-8,10H2,1-2H3,(H,18,19)(H,20,21). The third-order valence-corrected chi connectivity index (χ3v) is 4.68. The fourth-order valence-electron chi connectivity index (χ4n) is 3.15. The molecular formula is C17H25NO4. The van der Waals surface area contributed by atoms with Crippen molar-refractivity contribution in [3.63, 3.8) is 0 Å². The molecule has 5 heteroatoms. The highest BCUT2D eigenvalue weighted by atomic mass is 16.4. The van der Waals surface area contributed by atoms with Crippen molar-refractivity contribution in [1.82, 2.24) is 5.32 Å². The molecule has 1 aliphatic carbocycles. The maximum atomic E-state index is 12.1. The molecule has 0 bridgehead atoms. The van der Waals surface area contributed by atoms with Crippen molar-refractivity contribution in [3.05, 3.63) is 23.2 Å². The molecule has 1 amide bonds. The van der Waals surface area contributed by atoms with Crippen molar-refractivity contribution in [3.8, 4) is 0 Å². The highest BCUT2D eigenvalue weighted by molar-refractivity contribution is 5.96. The quantitative estimate of drug-likeness (QED) is 0.843. The van der Waals surface area contributed by atoms with Crippen LogP contribution in [0.25, 0.3) is 0 Å². The molecule has 0 saturated heterocycles. The van der Waals surface area contributed by atoms with E-state index in [0.29, 0.717) is 24.6 Å².